The van der Waals surface area contributed by atoms with Crippen LogP contribution in [-0.4, -0.2) is 43.7 Å². The van der Waals surface area contributed by atoms with E-state index in [1.165, 1.54) is 12.1 Å². The highest BCUT2D eigenvalue weighted by Gasteiger charge is 2.50. The number of ether oxygens (including phenoxy) is 1. The summed E-state index contributed by atoms with van der Waals surface area (Å²) in [6.45, 7) is 1.14. The first kappa shape index (κ1) is 18.6. The minimum Gasteiger partial charge on any atom is -0.379 e. The number of nitrogens with one attached hydrogen (secondary N) is 1. The van der Waals surface area contributed by atoms with E-state index in [1.54, 1.807) is 23.0 Å². The quantitative estimate of drug-likeness (QED) is 0.448. The number of rotatable bonds is 3. The number of carbonyl (C=O) groups is 1. The fourth-order valence-electron chi connectivity index (χ4n) is 5.44. The highest BCUT2D eigenvalue weighted by Crippen LogP contribution is 2.52. The van der Waals surface area contributed by atoms with E-state index >= 15 is 0 Å². The molecule has 2 aliphatic rings. The summed E-state index contributed by atoms with van der Waals surface area (Å²) in [6, 6.07) is 10.8. The summed E-state index contributed by atoms with van der Waals surface area (Å²) in [5.74, 6) is -0.712. The van der Waals surface area contributed by atoms with Gasteiger partial charge in [-0.25, -0.2) is 4.39 Å². The molecule has 9 heteroatoms. The fraction of sp³-hybridized carbons (Fsp3) is 0.208. The Morgan fingerprint density at radius 1 is 1.21 bits per heavy atom. The van der Waals surface area contributed by atoms with Gasteiger partial charge in [-0.05, 0) is 36.4 Å². The lowest BCUT2D eigenvalue weighted by Crippen LogP contribution is -2.51. The number of fused-ring (bicyclic) bond motifs is 7. The number of benzene rings is 2. The second kappa shape index (κ2) is 6.29. The normalized spacial score (nSPS) is 16.2. The molecule has 1 saturated heterocycles. The number of primary amides is 1. The number of halogens is 1. The first-order chi connectivity index (χ1) is 16.0. The van der Waals surface area contributed by atoms with Crippen LogP contribution in [0.1, 0.15) is 11.4 Å². The van der Waals surface area contributed by atoms with Gasteiger partial charge in [0.15, 0.2) is 0 Å². The van der Waals surface area contributed by atoms with Gasteiger partial charge in [-0.3, -0.25) is 14.6 Å². The van der Waals surface area contributed by atoms with Crippen LogP contribution in [0.2, 0.25) is 0 Å². The maximum Gasteiger partial charge on any atom is 0.239 e. The van der Waals surface area contributed by atoms with E-state index in [1.807, 2.05) is 6.20 Å². The molecule has 0 bridgehead atoms. The molecule has 1 spiro atoms. The molecule has 0 radical (unpaired) electrons. The number of carbonyl (C=O) groups excluding carboxylic acids is 1. The van der Waals surface area contributed by atoms with E-state index in [4.69, 9.17) is 10.5 Å². The Balaban J connectivity index is 1.62. The number of amides is 1. The lowest BCUT2D eigenvalue weighted by molar-refractivity contribution is -0.118. The van der Waals surface area contributed by atoms with E-state index in [9.17, 15) is 9.18 Å². The Hall–Kier alpha value is -3.98. The van der Waals surface area contributed by atoms with Crippen LogP contribution < -0.4 is 5.73 Å². The molecular weight excluding hydrogens is 423 g/mol. The summed E-state index contributed by atoms with van der Waals surface area (Å²) in [6.07, 6.45) is 4.29. The predicted molar refractivity (Wildman–Crippen MR) is 120 cm³/mol. The zero-order chi connectivity index (χ0) is 22.3. The molecule has 8 nitrogen and oxygen atoms in total. The predicted octanol–water partition coefficient (Wildman–Crippen LogP) is 2.82. The summed E-state index contributed by atoms with van der Waals surface area (Å²) in [4.78, 5) is 11.7. The van der Waals surface area contributed by atoms with E-state index in [2.05, 4.69) is 32.0 Å². The largest absolute Gasteiger partial charge is 0.379 e. The standard InChI is InChI=1S/C24H19FN6O2/c25-14-1-3-15(4-2-14)31-19-5-13-8-27-29-18(13)6-16(19)22-17-9-28-30(10-21(26)32)20(17)7-24(23(22)31)11-33-12-24/h1-6,8-9H,7,10-12H2,(H2,26,32)(H,27,29). The topological polar surface area (TPSA) is 104 Å². The molecule has 1 amide bonds. The van der Waals surface area contributed by atoms with E-state index in [0.717, 1.165) is 50.0 Å². The van der Waals surface area contributed by atoms with Gasteiger partial charge in [-0.1, -0.05) is 0 Å². The smallest absolute Gasteiger partial charge is 0.239 e. The van der Waals surface area contributed by atoms with Crippen molar-refractivity contribution in [3.63, 3.8) is 0 Å². The molecule has 0 unspecified atom stereocenters. The summed E-state index contributed by atoms with van der Waals surface area (Å²) in [5.41, 5.74) is 12.2. The third-order valence-corrected chi connectivity index (χ3v) is 6.90. The Kier molecular flexibility index (Phi) is 3.54. The number of nitrogens with zero attached hydrogens (tertiary/aromatic N) is 4. The maximum atomic E-state index is 13.8. The number of aromatic amines is 1. The Bertz CT molecular complexity index is 1590. The molecule has 164 valence electrons. The van der Waals surface area contributed by atoms with E-state index in [-0.39, 0.29) is 17.8 Å². The summed E-state index contributed by atoms with van der Waals surface area (Å²) in [7, 11) is 0. The SMILES string of the molecule is NC(=O)Cn1ncc2c1CC1(COC1)c1c-2c2cc3[nH]ncc3cc2n1-c1ccc(F)cc1. The molecule has 33 heavy (non-hydrogen) atoms. The van der Waals surface area contributed by atoms with Crippen molar-refractivity contribution >= 4 is 27.7 Å². The van der Waals surface area contributed by atoms with Gasteiger partial charge < -0.3 is 15.0 Å². The van der Waals surface area contributed by atoms with Crippen LogP contribution in [0, 0.1) is 5.82 Å². The first-order valence-electron chi connectivity index (χ1n) is 10.7. The number of hydrogen-bond donors (Lipinski definition) is 2. The van der Waals surface area contributed by atoms with Crippen LogP contribution >= 0.6 is 0 Å². The Morgan fingerprint density at radius 3 is 2.76 bits per heavy atom. The molecule has 4 heterocycles. The minimum absolute atomic E-state index is 0.0308. The van der Waals surface area contributed by atoms with Crippen LogP contribution in [0.5, 0.6) is 0 Å². The maximum absolute atomic E-state index is 13.8. The average molecular weight is 442 g/mol. The van der Waals surface area contributed by atoms with Crippen LogP contribution in [0.25, 0.3) is 38.6 Å². The van der Waals surface area contributed by atoms with Crippen LogP contribution in [0.3, 0.4) is 0 Å². The number of nitrogens with two attached hydrogens (primary N) is 1. The molecule has 1 aliphatic heterocycles. The van der Waals surface area contributed by atoms with Gasteiger partial charge in [0.05, 0.1) is 42.1 Å². The monoisotopic (exact) mass is 442 g/mol. The van der Waals surface area contributed by atoms with E-state index < -0.39 is 5.91 Å². The average Bonchev–Trinajstić information content (AvgIpc) is 3.46. The summed E-state index contributed by atoms with van der Waals surface area (Å²) < 4.78 is 23.5. The first-order valence-corrected chi connectivity index (χ1v) is 10.7. The van der Waals surface area contributed by atoms with Gasteiger partial charge in [0.1, 0.15) is 12.4 Å². The van der Waals surface area contributed by atoms with Crippen LogP contribution in [0.15, 0.2) is 48.8 Å². The van der Waals surface area contributed by atoms with Gasteiger partial charge >= 0.3 is 0 Å². The third-order valence-electron chi connectivity index (χ3n) is 6.90. The Labute approximate surface area is 186 Å². The van der Waals surface area contributed by atoms with Crippen molar-refractivity contribution in [1.82, 2.24) is 24.5 Å². The molecule has 3 aromatic heterocycles. The van der Waals surface area contributed by atoms with Gasteiger partial charge in [0, 0.05) is 45.4 Å². The number of hydrogen-bond acceptors (Lipinski definition) is 4. The van der Waals surface area contributed by atoms with Crippen molar-refractivity contribution < 1.29 is 13.9 Å². The highest BCUT2D eigenvalue weighted by atomic mass is 19.1. The second-order valence-corrected chi connectivity index (χ2v) is 8.94. The lowest BCUT2D eigenvalue weighted by atomic mass is 9.71. The van der Waals surface area contributed by atoms with Crippen molar-refractivity contribution in [2.45, 2.75) is 18.4 Å². The molecule has 1 fully saturated rings. The minimum atomic E-state index is -0.432. The van der Waals surface area contributed by atoms with Gasteiger partial charge in [0.2, 0.25) is 5.91 Å². The third kappa shape index (κ3) is 2.45. The molecule has 5 aromatic rings. The lowest BCUT2D eigenvalue weighted by Gasteiger charge is -2.45. The molecule has 7 rings (SSSR count). The van der Waals surface area contributed by atoms with E-state index in [0.29, 0.717) is 19.6 Å². The number of H-pyrrole nitrogens is 1. The number of aromatic nitrogens is 5. The molecule has 1 aliphatic carbocycles. The summed E-state index contributed by atoms with van der Waals surface area (Å²) >= 11 is 0. The zero-order valence-corrected chi connectivity index (χ0v) is 17.5. The van der Waals surface area contributed by atoms with Crippen molar-refractivity contribution in [2.75, 3.05) is 13.2 Å². The van der Waals surface area contributed by atoms with Crippen LogP contribution in [-0.2, 0) is 27.9 Å². The highest BCUT2D eigenvalue weighted by molar-refractivity contribution is 6.06. The van der Waals surface area contributed by atoms with Crippen LogP contribution in [0.4, 0.5) is 4.39 Å². The molecule has 2 aromatic carbocycles. The second-order valence-electron chi connectivity index (χ2n) is 8.94. The molecular formula is C24H19FN6O2. The zero-order valence-electron chi connectivity index (χ0n) is 17.5. The molecule has 0 saturated carbocycles. The van der Waals surface area contributed by atoms with Crippen molar-refractivity contribution in [2.24, 2.45) is 5.73 Å². The van der Waals surface area contributed by atoms with Gasteiger partial charge in [0.25, 0.3) is 0 Å². The molecule has 3 N–H and O–H groups in total. The molecule has 0 atom stereocenters. The Morgan fingerprint density at radius 2 is 2.03 bits per heavy atom. The van der Waals surface area contributed by atoms with Crippen molar-refractivity contribution in [3.8, 4) is 16.8 Å². The van der Waals surface area contributed by atoms with Gasteiger partial charge in [-0.2, -0.15) is 10.2 Å². The van der Waals surface area contributed by atoms with Crippen molar-refractivity contribution in [1.29, 1.82) is 0 Å². The fourth-order valence-corrected chi connectivity index (χ4v) is 5.44. The van der Waals surface area contributed by atoms with Crippen molar-refractivity contribution in [3.05, 3.63) is 66.0 Å². The van der Waals surface area contributed by atoms with Gasteiger partial charge in [-0.15, -0.1) is 0 Å². The summed E-state index contributed by atoms with van der Waals surface area (Å²) in [5, 5.41) is 13.8.